The van der Waals surface area contributed by atoms with E-state index in [1.807, 2.05) is 24.3 Å². The van der Waals surface area contributed by atoms with E-state index in [-0.39, 0.29) is 17.3 Å². The molecule has 1 fully saturated rings. The van der Waals surface area contributed by atoms with Crippen molar-refractivity contribution in [1.82, 2.24) is 10.6 Å². The van der Waals surface area contributed by atoms with Gasteiger partial charge in [0.2, 0.25) is 11.8 Å². The van der Waals surface area contributed by atoms with Crippen LogP contribution >= 0.6 is 39.5 Å². The van der Waals surface area contributed by atoms with Gasteiger partial charge in [-0.3, -0.25) is 9.59 Å². The molecule has 0 saturated carbocycles. The molecular formula is C18H14BrN3O4S2. The van der Waals surface area contributed by atoms with Gasteiger partial charge in [-0.25, -0.2) is 9.79 Å². The van der Waals surface area contributed by atoms with Crippen molar-refractivity contribution in [2.24, 2.45) is 10.9 Å². The van der Waals surface area contributed by atoms with Gasteiger partial charge in [0.1, 0.15) is 10.6 Å². The molecule has 1 saturated heterocycles. The highest BCUT2D eigenvalue weighted by Gasteiger charge is 2.31. The number of hydrogen-bond donors (Lipinski definition) is 2. The third kappa shape index (κ3) is 4.34. The van der Waals surface area contributed by atoms with E-state index in [9.17, 15) is 14.4 Å². The topological polar surface area (TPSA) is 96.9 Å². The van der Waals surface area contributed by atoms with Crippen LogP contribution in [0.15, 0.2) is 39.1 Å². The summed E-state index contributed by atoms with van der Waals surface area (Å²) < 4.78 is 6.08. The molecule has 144 valence electrons. The first-order chi connectivity index (χ1) is 13.4. The maximum absolute atomic E-state index is 12.5. The Morgan fingerprint density at radius 2 is 1.93 bits per heavy atom. The molecule has 0 spiro atoms. The van der Waals surface area contributed by atoms with Gasteiger partial charge in [0.25, 0.3) is 0 Å². The van der Waals surface area contributed by atoms with Crippen molar-refractivity contribution >= 4 is 73.6 Å². The summed E-state index contributed by atoms with van der Waals surface area (Å²) in [5.41, 5.74) is 1.78. The zero-order chi connectivity index (χ0) is 20.3. The van der Waals surface area contributed by atoms with E-state index in [1.54, 1.807) is 12.3 Å². The van der Waals surface area contributed by atoms with Crippen LogP contribution < -0.4 is 10.6 Å². The van der Waals surface area contributed by atoms with Crippen molar-refractivity contribution in [2.45, 2.75) is 6.92 Å². The van der Waals surface area contributed by atoms with Crippen LogP contribution in [0.3, 0.4) is 0 Å². The Labute approximate surface area is 178 Å². The largest absolute Gasteiger partial charge is 0.462 e. The summed E-state index contributed by atoms with van der Waals surface area (Å²) in [6, 6.07) is 7.46. The molecule has 7 nitrogen and oxygen atoms in total. The minimum atomic E-state index is -1.14. The SMILES string of the molecule is CCOC(=O)c1c(-c2ccc(Br)cc2)csc1/N=C/C1C(=O)NC(=S)NC1=O. The van der Waals surface area contributed by atoms with Gasteiger partial charge in [-0.15, -0.1) is 11.3 Å². The van der Waals surface area contributed by atoms with E-state index in [1.165, 1.54) is 17.6 Å². The molecule has 2 heterocycles. The predicted molar refractivity (Wildman–Crippen MR) is 114 cm³/mol. The van der Waals surface area contributed by atoms with Crippen molar-refractivity contribution in [2.75, 3.05) is 6.61 Å². The molecule has 0 bridgehead atoms. The Balaban J connectivity index is 1.97. The van der Waals surface area contributed by atoms with Crippen LogP contribution in [0.4, 0.5) is 5.00 Å². The molecule has 1 aliphatic rings. The molecule has 0 unspecified atom stereocenters. The van der Waals surface area contributed by atoms with E-state index in [4.69, 9.17) is 17.0 Å². The Hall–Kier alpha value is -2.43. The number of benzene rings is 1. The summed E-state index contributed by atoms with van der Waals surface area (Å²) in [6.07, 6.45) is 1.20. The highest BCUT2D eigenvalue weighted by atomic mass is 79.9. The van der Waals surface area contributed by atoms with Crippen molar-refractivity contribution < 1.29 is 19.1 Å². The van der Waals surface area contributed by atoms with Crippen molar-refractivity contribution in [3.05, 3.63) is 39.7 Å². The number of ether oxygens (including phenoxy) is 1. The summed E-state index contributed by atoms with van der Waals surface area (Å²) in [4.78, 5) is 40.7. The lowest BCUT2D eigenvalue weighted by atomic mass is 10.0. The van der Waals surface area contributed by atoms with Crippen molar-refractivity contribution in [3.8, 4) is 11.1 Å². The van der Waals surface area contributed by atoms with Crippen LogP contribution in [0.1, 0.15) is 17.3 Å². The second-order valence-corrected chi connectivity index (χ2v) is 7.80. The second-order valence-electron chi connectivity index (χ2n) is 5.62. The number of nitrogens with one attached hydrogen (secondary N) is 2. The predicted octanol–water partition coefficient (Wildman–Crippen LogP) is 3.20. The first-order valence-electron chi connectivity index (χ1n) is 8.15. The smallest absolute Gasteiger partial charge is 0.341 e. The Morgan fingerprint density at radius 1 is 1.29 bits per heavy atom. The number of aliphatic imine (C=N–C) groups is 1. The Bertz CT molecular complexity index is 965. The number of carbonyl (C=O) groups excluding carboxylic acids is 3. The number of thiophene rings is 1. The van der Waals surface area contributed by atoms with Crippen LogP contribution in [0.2, 0.25) is 0 Å². The van der Waals surface area contributed by atoms with Crippen molar-refractivity contribution in [1.29, 1.82) is 0 Å². The second kappa shape index (κ2) is 8.72. The summed E-state index contributed by atoms with van der Waals surface area (Å²) >= 11 is 9.37. The van der Waals surface area contributed by atoms with E-state index >= 15 is 0 Å². The third-order valence-corrected chi connectivity index (χ3v) is 5.40. The number of hydrogen-bond acceptors (Lipinski definition) is 7. The maximum atomic E-state index is 12.5. The molecule has 2 N–H and O–H groups in total. The van der Waals surface area contributed by atoms with Gasteiger partial charge in [0, 0.05) is 21.6 Å². The first kappa shape index (κ1) is 20.3. The van der Waals surface area contributed by atoms with Gasteiger partial charge < -0.3 is 15.4 Å². The highest BCUT2D eigenvalue weighted by molar-refractivity contribution is 9.10. The number of amides is 2. The normalized spacial score (nSPS) is 14.9. The molecule has 28 heavy (non-hydrogen) atoms. The van der Waals surface area contributed by atoms with Gasteiger partial charge in [-0.2, -0.15) is 0 Å². The van der Waals surface area contributed by atoms with Gasteiger partial charge >= 0.3 is 5.97 Å². The number of halogens is 1. The maximum Gasteiger partial charge on any atom is 0.341 e. The molecule has 1 aromatic carbocycles. The van der Waals surface area contributed by atoms with Gasteiger partial charge in [-0.1, -0.05) is 28.1 Å². The lowest BCUT2D eigenvalue weighted by molar-refractivity contribution is -0.131. The number of carbonyl (C=O) groups is 3. The van der Waals surface area contributed by atoms with Crippen LogP contribution in [0.25, 0.3) is 11.1 Å². The Kier molecular flexibility index (Phi) is 6.32. The fourth-order valence-electron chi connectivity index (χ4n) is 2.49. The Morgan fingerprint density at radius 3 is 2.54 bits per heavy atom. The van der Waals surface area contributed by atoms with Crippen LogP contribution in [0.5, 0.6) is 0 Å². The molecule has 10 heteroatoms. The van der Waals surface area contributed by atoms with Crippen molar-refractivity contribution in [3.63, 3.8) is 0 Å². The van der Waals surface area contributed by atoms with Gasteiger partial charge in [-0.05, 0) is 36.8 Å². The minimum Gasteiger partial charge on any atom is -0.462 e. The first-order valence-corrected chi connectivity index (χ1v) is 10.2. The lowest BCUT2D eigenvalue weighted by Gasteiger charge is -2.19. The quantitative estimate of drug-likeness (QED) is 0.297. The minimum absolute atomic E-state index is 0.0412. The molecule has 0 radical (unpaired) electrons. The summed E-state index contributed by atoms with van der Waals surface area (Å²) in [5.74, 6) is -2.80. The van der Waals surface area contributed by atoms with E-state index in [0.29, 0.717) is 10.6 Å². The average Bonchev–Trinajstić information content (AvgIpc) is 3.05. The highest BCUT2D eigenvalue weighted by Crippen LogP contribution is 2.38. The molecule has 0 aliphatic carbocycles. The number of rotatable bonds is 5. The number of nitrogens with zero attached hydrogens (tertiary/aromatic N) is 1. The number of esters is 1. The fourth-order valence-corrected chi connectivity index (χ4v) is 3.87. The molecule has 0 atom stereocenters. The van der Waals surface area contributed by atoms with Crippen LogP contribution in [0, 0.1) is 5.92 Å². The molecular weight excluding hydrogens is 466 g/mol. The van der Waals surface area contributed by atoms with Gasteiger partial charge in [0.15, 0.2) is 11.0 Å². The molecule has 3 rings (SSSR count). The molecule has 2 aromatic rings. The monoisotopic (exact) mass is 479 g/mol. The molecule has 1 aliphatic heterocycles. The van der Waals surface area contributed by atoms with E-state index in [0.717, 1.165) is 10.0 Å². The average molecular weight is 480 g/mol. The van der Waals surface area contributed by atoms with Crippen LogP contribution in [-0.4, -0.2) is 35.7 Å². The summed E-state index contributed by atoms with van der Waals surface area (Å²) in [5, 5.41) is 6.83. The lowest BCUT2D eigenvalue weighted by Crippen LogP contribution is -2.56. The van der Waals surface area contributed by atoms with E-state index in [2.05, 4.69) is 31.6 Å². The molecule has 1 aromatic heterocycles. The fraction of sp³-hybridized carbons (Fsp3) is 0.167. The zero-order valence-corrected chi connectivity index (χ0v) is 17.7. The molecule has 2 amide bonds. The summed E-state index contributed by atoms with van der Waals surface area (Å²) in [6.45, 7) is 1.93. The number of thiocarbonyl (C=S) groups is 1. The third-order valence-electron chi connectivity index (χ3n) is 3.79. The standard InChI is InChI=1S/C18H14BrN3O4S2/c1-2-26-17(25)13-12(9-3-5-10(19)6-4-9)8-28-16(13)20-7-11-14(23)21-18(27)22-15(11)24/h3-8,11H,2H2,1H3,(H2,21,22,23,24,27)/b20-7+. The van der Waals surface area contributed by atoms with Crippen LogP contribution in [-0.2, 0) is 14.3 Å². The van der Waals surface area contributed by atoms with Gasteiger partial charge in [0.05, 0.1) is 6.61 Å². The summed E-state index contributed by atoms with van der Waals surface area (Å²) in [7, 11) is 0. The zero-order valence-electron chi connectivity index (χ0n) is 14.5. The van der Waals surface area contributed by atoms with E-state index < -0.39 is 23.7 Å².